The molecule has 0 aliphatic carbocycles. The fourth-order valence-electron chi connectivity index (χ4n) is 2.42. The van der Waals surface area contributed by atoms with Crippen molar-refractivity contribution in [2.24, 2.45) is 11.7 Å². The third kappa shape index (κ3) is 3.12. The van der Waals surface area contributed by atoms with Gasteiger partial charge in [-0.2, -0.15) is 5.10 Å². The number of hydrogen-bond donors (Lipinski definition) is 2. The van der Waals surface area contributed by atoms with Crippen molar-refractivity contribution < 1.29 is 9.53 Å². The first-order valence-corrected chi connectivity index (χ1v) is 6.93. The lowest BCUT2D eigenvalue weighted by atomic mass is 10.0. The van der Waals surface area contributed by atoms with Gasteiger partial charge in [0.15, 0.2) is 0 Å². The van der Waals surface area contributed by atoms with E-state index in [1.54, 1.807) is 6.20 Å². The molecule has 0 spiro atoms. The molecule has 2 atom stereocenters. The van der Waals surface area contributed by atoms with E-state index in [4.69, 9.17) is 10.5 Å². The maximum atomic E-state index is 12.3. The summed E-state index contributed by atoms with van der Waals surface area (Å²) in [7, 11) is 0. The Morgan fingerprint density at radius 3 is 2.95 bits per heavy atom. The van der Waals surface area contributed by atoms with E-state index in [0.717, 1.165) is 11.3 Å². The summed E-state index contributed by atoms with van der Waals surface area (Å²) in [6.07, 6.45) is 3.62. The summed E-state index contributed by atoms with van der Waals surface area (Å²) in [6.45, 7) is 1.43. The van der Waals surface area contributed by atoms with E-state index in [1.165, 1.54) is 0 Å². The van der Waals surface area contributed by atoms with Crippen LogP contribution in [0.25, 0.3) is 0 Å². The molecule has 21 heavy (non-hydrogen) atoms. The van der Waals surface area contributed by atoms with E-state index in [-0.39, 0.29) is 17.9 Å². The highest BCUT2D eigenvalue weighted by atomic mass is 16.5. The van der Waals surface area contributed by atoms with Crippen LogP contribution in [-0.2, 0) is 16.1 Å². The number of nitrogens with two attached hydrogens (primary N) is 1. The maximum Gasteiger partial charge on any atom is 0.231 e. The second-order valence-corrected chi connectivity index (χ2v) is 5.16. The van der Waals surface area contributed by atoms with Gasteiger partial charge in [-0.25, -0.2) is 0 Å². The van der Waals surface area contributed by atoms with Crippen LogP contribution in [0.2, 0.25) is 0 Å². The van der Waals surface area contributed by atoms with Crippen LogP contribution in [0.3, 0.4) is 0 Å². The van der Waals surface area contributed by atoms with E-state index in [2.05, 4.69) is 10.4 Å². The van der Waals surface area contributed by atoms with Crippen molar-refractivity contribution in [1.82, 2.24) is 9.78 Å². The van der Waals surface area contributed by atoms with Crippen molar-refractivity contribution >= 4 is 11.6 Å². The fraction of sp³-hybridized carbons (Fsp3) is 0.333. The third-order valence-corrected chi connectivity index (χ3v) is 3.63. The minimum Gasteiger partial charge on any atom is -0.379 e. The second kappa shape index (κ2) is 6.07. The van der Waals surface area contributed by atoms with Crippen LogP contribution >= 0.6 is 0 Å². The molecule has 1 amide bonds. The van der Waals surface area contributed by atoms with Gasteiger partial charge in [0, 0.05) is 24.1 Å². The van der Waals surface area contributed by atoms with Crippen molar-refractivity contribution in [3.8, 4) is 0 Å². The highest BCUT2D eigenvalue weighted by Crippen LogP contribution is 2.19. The Kier molecular flexibility index (Phi) is 3.98. The Bertz CT molecular complexity index is 612. The van der Waals surface area contributed by atoms with Gasteiger partial charge < -0.3 is 15.8 Å². The molecular weight excluding hydrogens is 268 g/mol. The monoisotopic (exact) mass is 286 g/mol. The first kappa shape index (κ1) is 13.8. The number of rotatable bonds is 4. The van der Waals surface area contributed by atoms with Gasteiger partial charge in [0.1, 0.15) is 0 Å². The average molecular weight is 286 g/mol. The normalized spacial score (nSPS) is 21.4. The first-order valence-electron chi connectivity index (χ1n) is 6.93. The van der Waals surface area contributed by atoms with Gasteiger partial charge in [-0.15, -0.1) is 0 Å². The summed E-state index contributed by atoms with van der Waals surface area (Å²) in [5.41, 5.74) is 7.67. The number of carbonyl (C=O) groups is 1. The third-order valence-electron chi connectivity index (χ3n) is 3.63. The van der Waals surface area contributed by atoms with Crippen molar-refractivity contribution in [1.29, 1.82) is 0 Å². The van der Waals surface area contributed by atoms with Crippen molar-refractivity contribution in [3.05, 3.63) is 48.3 Å². The Balaban J connectivity index is 1.74. The van der Waals surface area contributed by atoms with Crippen molar-refractivity contribution in [2.45, 2.75) is 12.6 Å². The molecule has 3 N–H and O–H groups in total. The van der Waals surface area contributed by atoms with E-state index in [9.17, 15) is 4.79 Å². The molecule has 2 unspecified atom stereocenters. The van der Waals surface area contributed by atoms with Gasteiger partial charge in [0.05, 0.1) is 25.7 Å². The second-order valence-electron chi connectivity index (χ2n) is 5.16. The van der Waals surface area contributed by atoms with Crippen LogP contribution in [0, 0.1) is 5.92 Å². The van der Waals surface area contributed by atoms with Crippen LogP contribution in [-0.4, -0.2) is 34.9 Å². The topological polar surface area (TPSA) is 82.2 Å². The number of ether oxygens (including phenoxy) is 1. The summed E-state index contributed by atoms with van der Waals surface area (Å²) >= 11 is 0. The molecule has 6 nitrogen and oxygen atoms in total. The molecular formula is C15H18N4O2. The van der Waals surface area contributed by atoms with E-state index >= 15 is 0 Å². The lowest BCUT2D eigenvalue weighted by molar-refractivity contribution is -0.120. The number of amides is 1. The number of para-hydroxylation sites is 1. The quantitative estimate of drug-likeness (QED) is 0.872. The van der Waals surface area contributed by atoms with Crippen LogP contribution in [0.5, 0.6) is 0 Å². The highest BCUT2D eigenvalue weighted by Gasteiger charge is 2.31. The summed E-state index contributed by atoms with van der Waals surface area (Å²) in [5.74, 6) is -0.379. The largest absolute Gasteiger partial charge is 0.379 e. The average Bonchev–Trinajstić information content (AvgIpc) is 3.12. The fourth-order valence-corrected chi connectivity index (χ4v) is 2.42. The molecule has 1 aromatic heterocycles. The van der Waals surface area contributed by atoms with Gasteiger partial charge in [0.25, 0.3) is 0 Å². The SMILES string of the molecule is NC1COCC1C(=O)Nc1ccccc1Cn1cccn1. The van der Waals surface area contributed by atoms with Crippen LogP contribution < -0.4 is 11.1 Å². The van der Waals surface area contributed by atoms with E-state index in [1.807, 2.05) is 41.2 Å². The number of anilines is 1. The van der Waals surface area contributed by atoms with Crippen LogP contribution in [0.4, 0.5) is 5.69 Å². The molecule has 0 bridgehead atoms. The minimum absolute atomic E-state index is 0.0899. The molecule has 3 rings (SSSR count). The molecule has 0 saturated carbocycles. The summed E-state index contributed by atoms with van der Waals surface area (Å²) in [4.78, 5) is 12.3. The molecule has 1 aliphatic rings. The zero-order valence-electron chi connectivity index (χ0n) is 11.6. The molecule has 1 saturated heterocycles. The lowest BCUT2D eigenvalue weighted by Gasteiger charge is -2.16. The Labute approximate surface area is 122 Å². The maximum absolute atomic E-state index is 12.3. The number of benzene rings is 1. The van der Waals surface area contributed by atoms with E-state index < -0.39 is 0 Å². The predicted molar refractivity (Wildman–Crippen MR) is 78.7 cm³/mol. The van der Waals surface area contributed by atoms with Gasteiger partial charge in [-0.05, 0) is 17.7 Å². The van der Waals surface area contributed by atoms with Gasteiger partial charge in [-0.1, -0.05) is 18.2 Å². The summed E-state index contributed by atoms with van der Waals surface area (Å²) in [5, 5.41) is 7.14. The molecule has 0 radical (unpaired) electrons. The zero-order valence-corrected chi connectivity index (χ0v) is 11.6. The Morgan fingerprint density at radius 2 is 2.24 bits per heavy atom. The predicted octanol–water partition coefficient (Wildman–Crippen LogP) is 0.844. The van der Waals surface area contributed by atoms with Crippen molar-refractivity contribution in [3.63, 3.8) is 0 Å². The first-order chi connectivity index (χ1) is 10.2. The number of aromatic nitrogens is 2. The standard InChI is InChI=1S/C15H18N4O2/c16-13-10-21-9-12(13)15(20)18-14-5-2-1-4-11(14)8-19-7-3-6-17-19/h1-7,12-13H,8-10,16H2,(H,18,20). The van der Waals surface area contributed by atoms with Gasteiger partial charge in [-0.3, -0.25) is 9.48 Å². The molecule has 6 heteroatoms. The minimum atomic E-state index is -0.289. The summed E-state index contributed by atoms with van der Waals surface area (Å²) < 4.78 is 7.06. The molecule has 1 aromatic carbocycles. The van der Waals surface area contributed by atoms with Crippen LogP contribution in [0.15, 0.2) is 42.7 Å². The summed E-state index contributed by atoms with van der Waals surface area (Å²) in [6, 6.07) is 9.34. The lowest BCUT2D eigenvalue weighted by Crippen LogP contribution is -2.37. The van der Waals surface area contributed by atoms with Gasteiger partial charge in [0.2, 0.25) is 5.91 Å². The molecule has 1 aliphatic heterocycles. The Hall–Kier alpha value is -2.18. The number of nitrogens with zero attached hydrogens (tertiary/aromatic N) is 2. The zero-order chi connectivity index (χ0) is 14.7. The molecule has 2 aromatic rings. The smallest absolute Gasteiger partial charge is 0.231 e. The number of hydrogen-bond acceptors (Lipinski definition) is 4. The molecule has 1 fully saturated rings. The number of carbonyl (C=O) groups excluding carboxylic acids is 1. The van der Waals surface area contributed by atoms with Crippen molar-refractivity contribution in [2.75, 3.05) is 18.5 Å². The Morgan fingerprint density at radius 1 is 1.38 bits per heavy atom. The van der Waals surface area contributed by atoms with Gasteiger partial charge >= 0.3 is 0 Å². The van der Waals surface area contributed by atoms with Crippen LogP contribution in [0.1, 0.15) is 5.56 Å². The number of nitrogens with one attached hydrogen (secondary N) is 1. The molecule has 110 valence electrons. The van der Waals surface area contributed by atoms with E-state index in [0.29, 0.717) is 19.8 Å². The highest BCUT2D eigenvalue weighted by molar-refractivity contribution is 5.94. The molecule has 2 heterocycles.